The first-order valence-corrected chi connectivity index (χ1v) is 8.15. The van der Waals surface area contributed by atoms with Crippen molar-refractivity contribution in [2.45, 2.75) is 29.5 Å². The molecule has 1 aromatic carbocycles. The maximum absolute atomic E-state index is 3.65. The minimum Gasteiger partial charge on any atom is -0.309 e. The van der Waals surface area contributed by atoms with Gasteiger partial charge in [0, 0.05) is 22.7 Å². The van der Waals surface area contributed by atoms with E-state index in [0.29, 0.717) is 11.3 Å². The highest BCUT2D eigenvalue weighted by atomic mass is 32.2. The lowest BCUT2D eigenvalue weighted by Gasteiger charge is -2.15. The number of hydrogen-bond donors (Lipinski definition) is 1. The fraction of sp³-hybridized carbons (Fsp3) is 0.333. The predicted molar refractivity (Wildman–Crippen MR) is 80.5 cm³/mol. The fourth-order valence-electron chi connectivity index (χ4n) is 2.32. The van der Waals surface area contributed by atoms with Gasteiger partial charge in [-0.2, -0.15) is 11.3 Å². The number of fused-ring (bicyclic) bond motifs is 1. The molecule has 2 heterocycles. The molecule has 1 nitrogen and oxygen atoms in total. The minimum atomic E-state index is 0.459. The Balaban J connectivity index is 1.54. The summed E-state index contributed by atoms with van der Waals surface area (Å²) in [6.07, 6.45) is 1.20. The standard InChI is InChI=1S/C15H17NS2/c1-11(13-6-7-17-10-13)16-9-14-8-12-4-2-3-5-15(12)18-14/h2-7,10-11,14,16H,8-9H2,1H3. The number of nitrogens with one attached hydrogen (secondary N) is 1. The minimum absolute atomic E-state index is 0.459. The van der Waals surface area contributed by atoms with Crippen molar-refractivity contribution >= 4 is 23.1 Å². The molecule has 0 saturated heterocycles. The largest absolute Gasteiger partial charge is 0.309 e. The van der Waals surface area contributed by atoms with E-state index in [1.807, 2.05) is 11.8 Å². The van der Waals surface area contributed by atoms with Gasteiger partial charge < -0.3 is 5.32 Å². The van der Waals surface area contributed by atoms with E-state index >= 15 is 0 Å². The number of hydrogen-bond acceptors (Lipinski definition) is 3. The van der Waals surface area contributed by atoms with Gasteiger partial charge in [0.2, 0.25) is 0 Å². The molecule has 1 aromatic heterocycles. The highest BCUT2D eigenvalue weighted by molar-refractivity contribution is 8.00. The Morgan fingerprint density at radius 3 is 3.00 bits per heavy atom. The summed E-state index contributed by atoms with van der Waals surface area (Å²) in [6, 6.07) is 11.4. The first kappa shape index (κ1) is 12.3. The Morgan fingerprint density at radius 2 is 2.22 bits per heavy atom. The van der Waals surface area contributed by atoms with Crippen molar-refractivity contribution in [3.8, 4) is 0 Å². The third kappa shape index (κ3) is 2.63. The van der Waals surface area contributed by atoms with Crippen LogP contribution in [0.3, 0.4) is 0 Å². The molecule has 0 amide bonds. The summed E-state index contributed by atoms with van der Waals surface area (Å²) in [5.74, 6) is 0. The molecule has 3 heteroatoms. The third-order valence-corrected chi connectivity index (χ3v) is 5.43. The van der Waals surface area contributed by atoms with Crippen LogP contribution in [0.2, 0.25) is 0 Å². The van der Waals surface area contributed by atoms with Gasteiger partial charge in [-0.15, -0.1) is 11.8 Å². The van der Waals surface area contributed by atoms with Gasteiger partial charge in [0.05, 0.1) is 0 Å². The quantitative estimate of drug-likeness (QED) is 0.901. The molecule has 2 atom stereocenters. The van der Waals surface area contributed by atoms with Crippen LogP contribution in [-0.4, -0.2) is 11.8 Å². The number of thiophene rings is 1. The van der Waals surface area contributed by atoms with Crippen molar-refractivity contribution in [2.24, 2.45) is 0 Å². The Labute approximate surface area is 117 Å². The summed E-state index contributed by atoms with van der Waals surface area (Å²) in [5, 5.41) is 8.71. The van der Waals surface area contributed by atoms with Crippen molar-refractivity contribution in [3.63, 3.8) is 0 Å². The Kier molecular flexibility index (Phi) is 3.73. The van der Waals surface area contributed by atoms with Gasteiger partial charge in [-0.3, -0.25) is 0 Å². The molecule has 2 aromatic rings. The zero-order chi connectivity index (χ0) is 12.4. The highest BCUT2D eigenvalue weighted by Gasteiger charge is 2.21. The van der Waals surface area contributed by atoms with E-state index < -0.39 is 0 Å². The molecule has 1 N–H and O–H groups in total. The molecule has 0 fully saturated rings. The van der Waals surface area contributed by atoms with Crippen LogP contribution < -0.4 is 5.32 Å². The highest BCUT2D eigenvalue weighted by Crippen LogP contribution is 2.36. The van der Waals surface area contributed by atoms with Crippen LogP contribution in [0, 0.1) is 0 Å². The van der Waals surface area contributed by atoms with Gasteiger partial charge in [0.25, 0.3) is 0 Å². The summed E-state index contributed by atoms with van der Waals surface area (Å²) < 4.78 is 0. The second-order valence-corrected chi connectivity index (χ2v) is 6.86. The number of thioether (sulfide) groups is 1. The van der Waals surface area contributed by atoms with Crippen molar-refractivity contribution in [2.75, 3.05) is 6.54 Å². The second-order valence-electron chi connectivity index (χ2n) is 4.74. The van der Waals surface area contributed by atoms with E-state index in [2.05, 4.69) is 53.3 Å². The molecule has 3 rings (SSSR count). The van der Waals surface area contributed by atoms with Crippen molar-refractivity contribution in [1.29, 1.82) is 0 Å². The summed E-state index contributed by atoms with van der Waals surface area (Å²) in [4.78, 5) is 1.47. The maximum atomic E-state index is 3.65. The number of rotatable bonds is 4. The van der Waals surface area contributed by atoms with Crippen LogP contribution in [0.1, 0.15) is 24.1 Å². The van der Waals surface area contributed by atoms with Crippen molar-refractivity contribution in [1.82, 2.24) is 5.32 Å². The Bertz CT molecular complexity index is 482. The average molecular weight is 275 g/mol. The van der Waals surface area contributed by atoms with Gasteiger partial charge >= 0.3 is 0 Å². The monoisotopic (exact) mass is 275 g/mol. The Hall–Kier alpha value is -0.770. The smallest absolute Gasteiger partial charge is 0.0300 e. The third-order valence-electron chi connectivity index (χ3n) is 3.41. The van der Waals surface area contributed by atoms with E-state index in [1.165, 1.54) is 22.4 Å². The van der Waals surface area contributed by atoms with E-state index in [-0.39, 0.29) is 0 Å². The van der Waals surface area contributed by atoms with E-state index in [0.717, 1.165) is 6.54 Å². The van der Waals surface area contributed by atoms with E-state index in [4.69, 9.17) is 0 Å². The molecule has 0 aliphatic carbocycles. The summed E-state index contributed by atoms with van der Waals surface area (Å²) in [5.41, 5.74) is 2.91. The normalized spacial score (nSPS) is 19.7. The molecule has 0 radical (unpaired) electrons. The Morgan fingerprint density at radius 1 is 1.33 bits per heavy atom. The molecule has 2 unspecified atom stereocenters. The maximum Gasteiger partial charge on any atom is 0.0300 e. The molecule has 94 valence electrons. The van der Waals surface area contributed by atoms with E-state index in [9.17, 15) is 0 Å². The van der Waals surface area contributed by atoms with E-state index in [1.54, 1.807) is 11.3 Å². The summed E-state index contributed by atoms with van der Waals surface area (Å²) in [7, 11) is 0. The molecular formula is C15H17NS2. The zero-order valence-corrected chi connectivity index (χ0v) is 12.1. The van der Waals surface area contributed by atoms with Crippen LogP contribution in [0.4, 0.5) is 0 Å². The molecule has 0 saturated carbocycles. The average Bonchev–Trinajstić information content (AvgIpc) is 3.04. The van der Waals surface area contributed by atoms with Crippen LogP contribution in [0.15, 0.2) is 46.0 Å². The molecule has 1 aliphatic rings. The first-order chi connectivity index (χ1) is 8.83. The second kappa shape index (κ2) is 5.47. The van der Waals surface area contributed by atoms with Crippen LogP contribution in [-0.2, 0) is 6.42 Å². The predicted octanol–water partition coefficient (Wildman–Crippen LogP) is 4.12. The zero-order valence-electron chi connectivity index (χ0n) is 10.4. The molecule has 18 heavy (non-hydrogen) atoms. The summed E-state index contributed by atoms with van der Waals surface area (Å²) >= 11 is 3.79. The van der Waals surface area contributed by atoms with Crippen LogP contribution in [0.25, 0.3) is 0 Å². The van der Waals surface area contributed by atoms with Gasteiger partial charge in [0.1, 0.15) is 0 Å². The van der Waals surface area contributed by atoms with Gasteiger partial charge in [-0.05, 0) is 47.4 Å². The van der Waals surface area contributed by atoms with Gasteiger partial charge in [-0.25, -0.2) is 0 Å². The SMILES string of the molecule is CC(NCC1Cc2ccccc2S1)c1ccsc1. The lowest BCUT2D eigenvalue weighted by molar-refractivity contribution is 0.568. The van der Waals surface area contributed by atoms with Crippen LogP contribution >= 0.6 is 23.1 Å². The molecule has 0 bridgehead atoms. The summed E-state index contributed by atoms with van der Waals surface area (Å²) in [6.45, 7) is 3.32. The molecule has 0 spiro atoms. The topological polar surface area (TPSA) is 12.0 Å². The molecule has 1 aliphatic heterocycles. The number of benzene rings is 1. The molecular weight excluding hydrogens is 258 g/mol. The van der Waals surface area contributed by atoms with Crippen molar-refractivity contribution < 1.29 is 0 Å². The van der Waals surface area contributed by atoms with Gasteiger partial charge in [-0.1, -0.05) is 18.2 Å². The lowest BCUT2D eigenvalue weighted by Crippen LogP contribution is -2.26. The lowest BCUT2D eigenvalue weighted by atomic mass is 10.1. The first-order valence-electron chi connectivity index (χ1n) is 6.33. The van der Waals surface area contributed by atoms with Gasteiger partial charge in [0.15, 0.2) is 0 Å². The van der Waals surface area contributed by atoms with Crippen molar-refractivity contribution in [3.05, 3.63) is 52.2 Å². The van der Waals surface area contributed by atoms with Crippen LogP contribution in [0.5, 0.6) is 0 Å². The fourth-order valence-corrected chi connectivity index (χ4v) is 4.33.